The van der Waals surface area contributed by atoms with Crippen LogP contribution in [0.5, 0.6) is 0 Å². The topological polar surface area (TPSA) is 83.5 Å². The van der Waals surface area contributed by atoms with E-state index in [9.17, 15) is 13.8 Å². The summed E-state index contributed by atoms with van der Waals surface area (Å²) in [5.74, 6) is -1.22. The van der Waals surface area contributed by atoms with E-state index < -0.39 is 28.7 Å². The van der Waals surface area contributed by atoms with E-state index >= 15 is 0 Å². The van der Waals surface area contributed by atoms with Gasteiger partial charge in [-0.2, -0.15) is 0 Å². The molecule has 0 heterocycles. The molecule has 0 radical (unpaired) electrons. The van der Waals surface area contributed by atoms with Crippen LogP contribution in [0, 0.1) is 0 Å². The number of hydrogen-bond acceptors (Lipinski definition) is 3. The molecule has 76 valence electrons. The summed E-state index contributed by atoms with van der Waals surface area (Å²) in [6.45, 7) is 1.25. The molecule has 1 amide bonds. The van der Waals surface area contributed by atoms with E-state index in [-0.39, 0.29) is 12.2 Å². The van der Waals surface area contributed by atoms with Crippen molar-refractivity contribution in [2.45, 2.75) is 19.4 Å². The maximum Gasteiger partial charge on any atom is 0.326 e. The number of hydrogen-bond donors (Lipinski definition) is 2. The molecule has 0 saturated carbocycles. The highest BCUT2D eigenvalue weighted by Gasteiger charge is 2.17. The Morgan fingerprint density at radius 3 is 2.38 bits per heavy atom. The highest BCUT2D eigenvalue weighted by Crippen LogP contribution is 1.94. The first kappa shape index (κ1) is 12.1. The van der Waals surface area contributed by atoms with Crippen molar-refractivity contribution in [3.05, 3.63) is 0 Å². The van der Waals surface area contributed by atoms with Gasteiger partial charge in [0.15, 0.2) is 0 Å². The molecule has 0 aliphatic heterocycles. The number of carboxylic acids is 1. The fourth-order valence-electron chi connectivity index (χ4n) is 0.787. The average Bonchev–Trinajstić information content (AvgIpc) is 1.96. The fourth-order valence-corrected chi connectivity index (χ4v) is 1.35. The number of carbonyl (C=O) groups is 2. The first-order valence-electron chi connectivity index (χ1n) is 3.73. The maximum atomic E-state index is 10.7. The average molecular weight is 207 g/mol. The predicted molar refractivity (Wildman–Crippen MR) is 48.8 cm³/mol. The third kappa shape index (κ3) is 6.27. The van der Waals surface area contributed by atoms with Gasteiger partial charge in [-0.1, -0.05) is 0 Å². The first-order valence-corrected chi connectivity index (χ1v) is 5.46. The molecule has 0 spiro atoms. The highest BCUT2D eigenvalue weighted by atomic mass is 32.2. The smallest absolute Gasteiger partial charge is 0.326 e. The molecule has 0 aliphatic rings. The lowest BCUT2D eigenvalue weighted by Gasteiger charge is -2.11. The molecule has 0 aliphatic carbocycles. The van der Waals surface area contributed by atoms with E-state index in [2.05, 4.69) is 5.32 Å². The Morgan fingerprint density at radius 2 is 2.08 bits per heavy atom. The van der Waals surface area contributed by atoms with Crippen molar-refractivity contribution in [2.75, 3.05) is 12.0 Å². The third-order valence-electron chi connectivity index (χ3n) is 1.37. The summed E-state index contributed by atoms with van der Waals surface area (Å²) < 4.78 is 10.7. The number of nitrogens with one attached hydrogen (secondary N) is 1. The van der Waals surface area contributed by atoms with E-state index in [1.54, 1.807) is 0 Å². The van der Waals surface area contributed by atoms with Crippen LogP contribution in [0.1, 0.15) is 13.3 Å². The molecule has 5 nitrogen and oxygen atoms in total. The maximum absolute atomic E-state index is 10.7. The van der Waals surface area contributed by atoms with Gasteiger partial charge >= 0.3 is 5.97 Å². The van der Waals surface area contributed by atoms with Gasteiger partial charge in [0.1, 0.15) is 6.04 Å². The van der Waals surface area contributed by atoms with Crippen molar-refractivity contribution in [2.24, 2.45) is 0 Å². The highest BCUT2D eigenvalue weighted by molar-refractivity contribution is 7.84. The van der Waals surface area contributed by atoms with E-state index in [1.807, 2.05) is 0 Å². The second-order valence-electron chi connectivity index (χ2n) is 2.66. The van der Waals surface area contributed by atoms with Gasteiger partial charge in [0.05, 0.1) is 0 Å². The molecule has 0 bridgehead atoms. The van der Waals surface area contributed by atoms with Crippen LogP contribution in [0.3, 0.4) is 0 Å². The molecule has 2 N–H and O–H groups in total. The third-order valence-corrected chi connectivity index (χ3v) is 2.18. The van der Waals surface area contributed by atoms with Crippen molar-refractivity contribution >= 4 is 22.7 Å². The standard InChI is InChI=1S/C7H13NO4S/c1-5(9)8-6(7(10)11)3-4-13(2)12/h6H,3-4H2,1-2H3,(H,8,9)(H,10,11)/t6-,13?/m0/s1. The Labute approximate surface area is 79.0 Å². The Hall–Kier alpha value is -0.910. The summed E-state index contributed by atoms with van der Waals surface area (Å²) in [6.07, 6.45) is 1.69. The zero-order valence-electron chi connectivity index (χ0n) is 7.57. The summed E-state index contributed by atoms with van der Waals surface area (Å²) in [4.78, 5) is 21.1. The molecule has 6 heteroatoms. The molecule has 0 aromatic carbocycles. The van der Waals surface area contributed by atoms with Crippen LogP contribution >= 0.6 is 0 Å². The van der Waals surface area contributed by atoms with Crippen molar-refractivity contribution in [3.8, 4) is 0 Å². The van der Waals surface area contributed by atoms with Crippen LogP contribution in [-0.4, -0.2) is 39.2 Å². The van der Waals surface area contributed by atoms with E-state index in [0.717, 1.165) is 0 Å². The summed E-state index contributed by atoms with van der Waals surface area (Å²) in [7, 11) is -1.03. The lowest BCUT2D eigenvalue weighted by atomic mass is 10.2. The van der Waals surface area contributed by atoms with Crippen LogP contribution in [-0.2, 0) is 20.4 Å². The van der Waals surface area contributed by atoms with Gasteiger partial charge in [0, 0.05) is 29.7 Å². The second-order valence-corrected chi connectivity index (χ2v) is 4.21. The lowest BCUT2D eigenvalue weighted by Crippen LogP contribution is -2.40. The molecule has 0 aromatic rings. The number of aliphatic carboxylic acids is 1. The molecule has 0 rings (SSSR count). The SMILES string of the molecule is CC(=O)N[C@@H](CCS(C)=O)C(=O)O. The monoisotopic (exact) mass is 207 g/mol. The van der Waals surface area contributed by atoms with Gasteiger partial charge in [-0.15, -0.1) is 0 Å². The van der Waals surface area contributed by atoms with Crippen molar-refractivity contribution < 1.29 is 18.9 Å². The Kier molecular flexibility index (Phi) is 5.29. The van der Waals surface area contributed by atoms with Crippen molar-refractivity contribution in [1.29, 1.82) is 0 Å². The van der Waals surface area contributed by atoms with Crippen LogP contribution in [0.4, 0.5) is 0 Å². The molecule has 1 unspecified atom stereocenters. The minimum atomic E-state index is -1.10. The fraction of sp³-hybridized carbons (Fsp3) is 0.714. The summed E-state index contributed by atoms with van der Waals surface area (Å²) in [5, 5.41) is 10.9. The first-order chi connectivity index (χ1) is 5.93. The van der Waals surface area contributed by atoms with Crippen LogP contribution in [0.25, 0.3) is 0 Å². The quantitative estimate of drug-likeness (QED) is 0.627. The van der Waals surface area contributed by atoms with Crippen LogP contribution in [0.2, 0.25) is 0 Å². The molecular formula is C7H13NO4S. The molecule has 0 aromatic heterocycles. The number of rotatable bonds is 5. The Balaban J connectivity index is 4.02. The number of amides is 1. The normalized spacial score (nSPS) is 14.6. The van der Waals surface area contributed by atoms with Gasteiger partial charge in [-0.05, 0) is 6.42 Å². The number of carbonyl (C=O) groups excluding carboxylic acids is 1. The minimum Gasteiger partial charge on any atom is -0.480 e. The van der Waals surface area contributed by atoms with Gasteiger partial charge in [0.25, 0.3) is 0 Å². The molecular weight excluding hydrogens is 194 g/mol. The predicted octanol–water partition coefficient (Wildman–Crippen LogP) is -0.656. The van der Waals surface area contributed by atoms with Crippen molar-refractivity contribution in [1.82, 2.24) is 5.32 Å². The zero-order valence-corrected chi connectivity index (χ0v) is 8.39. The molecule has 0 fully saturated rings. The molecule has 2 atom stereocenters. The molecule has 0 saturated heterocycles. The van der Waals surface area contributed by atoms with E-state index in [0.29, 0.717) is 0 Å². The minimum absolute atomic E-state index is 0.192. The van der Waals surface area contributed by atoms with Gasteiger partial charge in [-0.25, -0.2) is 4.79 Å². The largest absolute Gasteiger partial charge is 0.480 e. The van der Waals surface area contributed by atoms with Crippen molar-refractivity contribution in [3.63, 3.8) is 0 Å². The van der Waals surface area contributed by atoms with Gasteiger partial charge < -0.3 is 10.4 Å². The molecule has 13 heavy (non-hydrogen) atoms. The van der Waals surface area contributed by atoms with E-state index in [1.165, 1.54) is 13.2 Å². The number of carboxylic acid groups (broad SMARTS) is 1. The summed E-state index contributed by atoms with van der Waals surface area (Å²) in [6, 6.07) is -0.929. The summed E-state index contributed by atoms with van der Waals surface area (Å²) >= 11 is 0. The Morgan fingerprint density at radius 1 is 1.54 bits per heavy atom. The second kappa shape index (κ2) is 5.69. The van der Waals surface area contributed by atoms with Gasteiger partial charge in [-0.3, -0.25) is 9.00 Å². The zero-order chi connectivity index (χ0) is 10.4. The lowest BCUT2D eigenvalue weighted by molar-refractivity contribution is -0.141. The van der Waals surface area contributed by atoms with Gasteiger partial charge in [0.2, 0.25) is 5.91 Å². The van der Waals surface area contributed by atoms with E-state index in [4.69, 9.17) is 5.11 Å². The Bertz CT molecular complexity index is 229. The van der Waals surface area contributed by atoms with Crippen LogP contribution < -0.4 is 5.32 Å². The summed E-state index contributed by atoms with van der Waals surface area (Å²) in [5.41, 5.74) is 0. The van der Waals surface area contributed by atoms with Crippen LogP contribution in [0.15, 0.2) is 0 Å².